The van der Waals surface area contributed by atoms with Crippen molar-refractivity contribution in [2.75, 3.05) is 0 Å². The molecule has 0 aliphatic heterocycles. The van der Waals surface area contributed by atoms with Gasteiger partial charge in [0.05, 0.1) is 17.7 Å². The third-order valence-corrected chi connectivity index (χ3v) is 5.41. The summed E-state index contributed by atoms with van der Waals surface area (Å²) in [7, 11) is 0. The molecule has 2 aromatic heterocycles. The quantitative estimate of drug-likeness (QED) is 0.366. The van der Waals surface area contributed by atoms with E-state index in [1.54, 1.807) is 24.3 Å². The number of carboxylic acid groups (broad SMARTS) is 1. The van der Waals surface area contributed by atoms with Crippen LogP contribution in [0, 0.1) is 6.92 Å². The minimum absolute atomic E-state index is 0.258. The van der Waals surface area contributed by atoms with Gasteiger partial charge in [0.25, 0.3) is 0 Å². The lowest BCUT2D eigenvalue weighted by atomic mass is 9.99. The summed E-state index contributed by atoms with van der Waals surface area (Å²) in [6, 6.07) is 24.2. The first kappa shape index (κ1) is 20.4. The van der Waals surface area contributed by atoms with Gasteiger partial charge < -0.3 is 14.0 Å². The van der Waals surface area contributed by atoms with E-state index in [-0.39, 0.29) is 5.56 Å². The molecule has 0 fully saturated rings. The van der Waals surface area contributed by atoms with Crippen molar-refractivity contribution in [1.82, 2.24) is 15.4 Å². The van der Waals surface area contributed by atoms with E-state index in [1.807, 2.05) is 61.5 Å². The van der Waals surface area contributed by atoms with Gasteiger partial charge in [0.2, 0.25) is 11.8 Å². The van der Waals surface area contributed by atoms with Crippen LogP contribution in [0.5, 0.6) is 0 Å². The molecule has 33 heavy (non-hydrogen) atoms. The highest BCUT2D eigenvalue weighted by molar-refractivity contribution is 5.88. The maximum atomic E-state index is 11.1. The lowest BCUT2D eigenvalue weighted by Crippen LogP contribution is -1.95. The Hall–Kier alpha value is -4.52. The van der Waals surface area contributed by atoms with E-state index < -0.39 is 5.97 Å². The number of benzene rings is 3. The molecule has 0 amide bonds. The fourth-order valence-corrected chi connectivity index (χ4v) is 3.62. The van der Waals surface area contributed by atoms with E-state index in [9.17, 15) is 4.79 Å². The van der Waals surface area contributed by atoms with Gasteiger partial charge in [0, 0.05) is 16.7 Å². The van der Waals surface area contributed by atoms with Crippen molar-refractivity contribution in [3.05, 3.63) is 102 Å². The van der Waals surface area contributed by atoms with Crippen molar-refractivity contribution in [3.63, 3.8) is 0 Å². The molecule has 5 rings (SSSR count). The molecule has 0 saturated carbocycles. The summed E-state index contributed by atoms with van der Waals surface area (Å²) in [5.41, 5.74) is 5.55. The molecule has 0 bridgehead atoms. The summed E-state index contributed by atoms with van der Waals surface area (Å²) >= 11 is 0. The minimum Gasteiger partial charge on any atom is -0.478 e. The van der Waals surface area contributed by atoms with E-state index in [2.05, 4.69) is 15.4 Å². The Kier molecular flexibility index (Phi) is 5.28. The molecule has 1 N–H and O–H groups in total. The predicted molar refractivity (Wildman–Crippen MR) is 122 cm³/mol. The van der Waals surface area contributed by atoms with Crippen molar-refractivity contribution in [2.45, 2.75) is 13.3 Å². The zero-order chi connectivity index (χ0) is 22.8. The van der Waals surface area contributed by atoms with Crippen LogP contribution in [0.2, 0.25) is 0 Å². The van der Waals surface area contributed by atoms with Crippen LogP contribution in [0.25, 0.3) is 33.9 Å². The van der Waals surface area contributed by atoms with Gasteiger partial charge in [-0.3, -0.25) is 0 Å². The molecule has 0 aliphatic carbocycles. The molecular weight excluding hydrogens is 418 g/mol. The number of hydrogen-bond donors (Lipinski definition) is 1. The second-order valence-corrected chi connectivity index (χ2v) is 7.58. The van der Waals surface area contributed by atoms with E-state index >= 15 is 0 Å². The van der Waals surface area contributed by atoms with Gasteiger partial charge in [-0.2, -0.15) is 0 Å². The minimum atomic E-state index is -0.942. The second-order valence-electron chi connectivity index (χ2n) is 7.58. The van der Waals surface area contributed by atoms with Crippen molar-refractivity contribution in [1.29, 1.82) is 0 Å². The number of aromatic carboxylic acids is 1. The molecule has 162 valence electrons. The van der Waals surface area contributed by atoms with Crippen LogP contribution in [-0.4, -0.2) is 26.4 Å². The Balaban J connectivity index is 1.39. The molecule has 3 aromatic carbocycles. The largest absolute Gasteiger partial charge is 0.478 e. The molecule has 0 aliphatic rings. The summed E-state index contributed by atoms with van der Waals surface area (Å²) in [5.74, 6) is 0.665. The highest BCUT2D eigenvalue weighted by Crippen LogP contribution is 2.31. The van der Waals surface area contributed by atoms with Crippen LogP contribution >= 0.6 is 0 Å². The fourth-order valence-electron chi connectivity index (χ4n) is 3.62. The summed E-state index contributed by atoms with van der Waals surface area (Å²) in [6.07, 6.45) is 0.406. The van der Waals surface area contributed by atoms with Crippen LogP contribution in [0.4, 0.5) is 0 Å². The Morgan fingerprint density at radius 2 is 1.45 bits per heavy atom. The smallest absolute Gasteiger partial charge is 0.335 e. The van der Waals surface area contributed by atoms with Crippen molar-refractivity contribution >= 4 is 5.97 Å². The lowest BCUT2D eigenvalue weighted by Gasteiger charge is -2.05. The molecule has 2 heterocycles. The number of carbonyl (C=O) groups is 1. The van der Waals surface area contributed by atoms with Gasteiger partial charge in [-0.1, -0.05) is 59.8 Å². The van der Waals surface area contributed by atoms with Gasteiger partial charge in [0.1, 0.15) is 0 Å². The molecular formula is C26H19N3O4. The van der Waals surface area contributed by atoms with Gasteiger partial charge in [0.15, 0.2) is 5.76 Å². The second kappa shape index (κ2) is 8.55. The average molecular weight is 437 g/mol. The highest BCUT2D eigenvalue weighted by Gasteiger charge is 2.19. The normalized spacial score (nSPS) is 10.9. The number of hydrogen-bond acceptors (Lipinski definition) is 6. The molecule has 7 nitrogen and oxygen atoms in total. The van der Waals surface area contributed by atoms with Crippen LogP contribution in [-0.2, 0) is 6.42 Å². The monoisotopic (exact) mass is 437 g/mol. The first-order chi connectivity index (χ1) is 16.1. The van der Waals surface area contributed by atoms with E-state index in [4.69, 9.17) is 14.0 Å². The third kappa shape index (κ3) is 4.16. The maximum absolute atomic E-state index is 11.1. The third-order valence-electron chi connectivity index (χ3n) is 5.41. The highest BCUT2D eigenvalue weighted by atomic mass is 16.5. The number of aromatic nitrogens is 3. The summed E-state index contributed by atoms with van der Waals surface area (Å²) in [5, 5.41) is 21.6. The first-order valence-corrected chi connectivity index (χ1v) is 10.4. The Labute approximate surface area is 189 Å². The van der Waals surface area contributed by atoms with E-state index in [0.717, 1.165) is 33.5 Å². The zero-order valence-electron chi connectivity index (χ0n) is 17.7. The molecule has 7 heteroatoms. The SMILES string of the molecule is Cc1noc(-c2ccc(-c3ccc(C(=O)O)cc3)cc2)c1Cc1nnc(-c2ccccc2)o1. The first-order valence-electron chi connectivity index (χ1n) is 10.4. The average Bonchev–Trinajstić information content (AvgIpc) is 3.47. The van der Waals surface area contributed by atoms with E-state index in [0.29, 0.717) is 24.0 Å². The fraction of sp³-hybridized carbons (Fsp3) is 0.0769. The van der Waals surface area contributed by atoms with Gasteiger partial charge in [-0.15, -0.1) is 10.2 Å². The number of aryl methyl sites for hydroxylation is 1. The Morgan fingerprint density at radius 3 is 2.12 bits per heavy atom. The molecule has 0 spiro atoms. The summed E-state index contributed by atoms with van der Waals surface area (Å²) in [6.45, 7) is 1.88. The Bertz CT molecular complexity index is 1400. The maximum Gasteiger partial charge on any atom is 0.335 e. The summed E-state index contributed by atoms with van der Waals surface area (Å²) in [4.78, 5) is 11.1. The van der Waals surface area contributed by atoms with Gasteiger partial charge in [-0.25, -0.2) is 4.79 Å². The van der Waals surface area contributed by atoms with Crippen LogP contribution in [0.15, 0.2) is 87.8 Å². The number of rotatable bonds is 6. The van der Waals surface area contributed by atoms with Crippen LogP contribution in [0.3, 0.4) is 0 Å². The van der Waals surface area contributed by atoms with E-state index in [1.165, 1.54) is 0 Å². The topological polar surface area (TPSA) is 102 Å². The summed E-state index contributed by atoms with van der Waals surface area (Å²) < 4.78 is 11.5. The lowest BCUT2D eigenvalue weighted by molar-refractivity contribution is 0.0697. The van der Waals surface area contributed by atoms with Crippen LogP contribution < -0.4 is 0 Å². The van der Waals surface area contributed by atoms with Crippen LogP contribution in [0.1, 0.15) is 27.5 Å². The predicted octanol–water partition coefficient (Wildman–Crippen LogP) is 5.66. The molecule has 5 aromatic rings. The Morgan fingerprint density at radius 1 is 0.818 bits per heavy atom. The molecule has 0 saturated heterocycles. The zero-order valence-corrected chi connectivity index (χ0v) is 17.7. The van der Waals surface area contributed by atoms with Gasteiger partial charge in [-0.05, 0) is 42.3 Å². The number of carboxylic acids is 1. The molecule has 0 unspecified atom stereocenters. The van der Waals surface area contributed by atoms with Crippen molar-refractivity contribution in [3.8, 4) is 33.9 Å². The molecule has 0 radical (unpaired) electrons. The van der Waals surface area contributed by atoms with Crippen molar-refractivity contribution in [2.24, 2.45) is 0 Å². The standard InChI is InChI=1S/C26H19N3O4/c1-16-22(15-23-27-28-25(32-23)20-5-3-2-4-6-20)24(33-29-16)19-11-7-17(8-12-19)18-9-13-21(14-10-18)26(30)31/h2-14H,15H2,1H3,(H,30,31). The van der Waals surface area contributed by atoms with Crippen molar-refractivity contribution < 1.29 is 18.8 Å². The number of nitrogens with zero attached hydrogens (tertiary/aromatic N) is 3. The molecule has 0 atom stereocenters. The van der Waals surface area contributed by atoms with Gasteiger partial charge >= 0.3 is 5.97 Å².